The van der Waals surface area contributed by atoms with Gasteiger partial charge in [0.2, 0.25) is 0 Å². The van der Waals surface area contributed by atoms with E-state index in [4.69, 9.17) is 0 Å². The smallest absolute Gasteiger partial charge is 0.293 e. The van der Waals surface area contributed by atoms with Crippen LogP contribution in [0.3, 0.4) is 0 Å². The molecule has 0 amide bonds. The number of carbonyl (C=O) groups is 1. The van der Waals surface area contributed by atoms with E-state index in [1.807, 2.05) is 12.1 Å². The number of halogens is 1. The van der Waals surface area contributed by atoms with Crippen molar-refractivity contribution in [3.8, 4) is 0 Å². The van der Waals surface area contributed by atoms with Crippen LogP contribution < -0.4 is 0 Å². The van der Waals surface area contributed by atoms with Crippen molar-refractivity contribution in [2.45, 2.75) is 11.9 Å². The molecule has 64 valence electrons. The second-order valence-corrected chi connectivity index (χ2v) is 2.76. The molecule has 1 heterocycles. The maximum Gasteiger partial charge on any atom is 0.293 e. The van der Waals surface area contributed by atoms with E-state index in [0.29, 0.717) is 6.47 Å². The first-order valence-corrected chi connectivity index (χ1v) is 4.54. The van der Waals surface area contributed by atoms with Gasteiger partial charge in [-0.05, 0) is 11.6 Å². The summed E-state index contributed by atoms with van der Waals surface area (Å²) in [5.41, 5.74) is 1.86. The molecule has 0 radical (unpaired) electrons. The van der Waals surface area contributed by atoms with Gasteiger partial charge in [-0.25, -0.2) is 0 Å². The number of pyridine rings is 1. The van der Waals surface area contributed by atoms with Gasteiger partial charge < -0.3 is 4.74 Å². The van der Waals surface area contributed by atoms with E-state index in [0.717, 1.165) is 16.6 Å². The standard InChI is InChI=1S/C8H8BrNO2/c9-3-7-1-2-8(10-4-7)5-12-6-11/h1-2,4,6H,3,5H2. The molecule has 1 aromatic rings. The lowest BCUT2D eigenvalue weighted by molar-refractivity contribution is -0.129. The highest BCUT2D eigenvalue weighted by Gasteiger charge is 1.94. The molecule has 1 rings (SSSR count). The van der Waals surface area contributed by atoms with Crippen molar-refractivity contribution in [2.24, 2.45) is 0 Å². The molecule has 12 heavy (non-hydrogen) atoms. The molecule has 0 N–H and O–H groups in total. The minimum atomic E-state index is 0.242. The van der Waals surface area contributed by atoms with E-state index < -0.39 is 0 Å². The number of ether oxygens (including phenoxy) is 1. The van der Waals surface area contributed by atoms with Crippen LogP contribution in [0.2, 0.25) is 0 Å². The number of rotatable bonds is 4. The van der Waals surface area contributed by atoms with Gasteiger partial charge in [-0.15, -0.1) is 0 Å². The SMILES string of the molecule is O=COCc1ccc(CBr)cn1. The van der Waals surface area contributed by atoms with Crippen molar-refractivity contribution >= 4 is 22.4 Å². The van der Waals surface area contributed by atoms with Crippen molar-refractivity contribution in [1.82, 2.24) is 4.98 Å². The normalized spacial score (nSPS) is 9.42. The van der Waals surface area contributed by atoms with Crippen molar-refractivity contribution in [3.05, 3.63) is 29.6 Å². The topological polar surface area (TPSA) is 39.2 Å². The average Bonchev–Trinajstić information content (AvgIpc) is 2.15. The molecule has 0 unspecified atom stereocenters. The summed E-state index contributed by atoms with van der Waals surface area (Å²) in [6.07, 6.45) is 1.75. The lowest BCUT2D eigenvalue weighted by atomic mass is 10.3. The molecular formula is C8H8BrNO2. The third-order valence-corrected chi connectivity index (χ3v) is 1.99. The molecule has 0 aliphatic heterocycles. The zero-order chi connectivity index (χ0) is 8.81. The van der Waals surface area contributed by atoms with Crippen LogP contribution in [0, 0.1) is 0 Å². The molecule has 0 aliphatic carbocycles. The van der Waals surface area contributed by atoms with Crippen molar-refractivity contribution in [2.75, 3.05) is 0 Å². The minimum Gasteiger partial charge on any atom is -0.461 e. The second kappa shape index (κ2) is 4.87. The van der Waals surface area contributed by atoms with E-state index in [2.05, 4.69) is 25.7 Å². The monoisotopic (exact) mass is 229 g/mol. The third-order valence-electron chi connectivity index (χ3n) is 1.34. The van der Waals surface area contributed by atoms with Crippen LogP contribution in [0.1, 0.15) is 11.3 Å². The van der Waals surface area contributed by atoms with Crippen LogP contribution in [0.5, 0.6) is 0 Å². The Morgan fingerprint density at radius 1 is 1.58 bits per heavy atom. The Kier molecular flexibility index (Phi) is 3.73. The molecule has 0 spiro atoms. The van der Waals surface area contributed by atoms with Crippen molar-refractivity contribution in [1.29, 1.82) is 0 Å². The van der Waals surface area contributed by atoms with Crippen LogP contribution in [0.25, 0.3) is 0 Å². The van der Waals surface area contributed by atoms with E-state index in [1.54, 1.807) is 6.20 Å². The molecule has 0 aromatic carbocycles. The van der Waals surface area contributed by atoms with Crippen LogP contribution in [-0.2, 0) is 21.5 Å². The maximum absolute atomic E-state index is 9.84. The molecule has 1 aromatic heterocycles. The van der Waals surface area contributed by atoms with E-state index in [-0.39, 0.29) is 6.61 Å². The van der Waals surface area contributed by atoms with Crippen LogP contribution in [-0.4, -0.2) is 11.5 Å². The number of alkyl halides is 1. The predicted octanol–water partition coefficient (Wildman–Crippen LogP) is 1.65. The molecule has 0 fully saturated rings. The third kappa shape index (κ3) is 2.62. The van der Waals surface area contributed by atoms with Crippen LogP contribution in [0.4, 0.5) is 0 Å². The first kappa shape index (κ1) is 9.19. The number of hydrogen-bond acceptors (Lipinski definition) is 3. The molecule has 3 nitrogen and oxygen atoms in total. The Hall–Kier alpha value is -0.900. The summed E-state index contributed by atoms with van der Waals surface area (Å²) in [6.45, 7) is 0.659. The van der Waals surface area contributed by atoms with Crippen LogP contribution >= 0.6 is 15.9 Å². The van der Waals surface area contributed by atoms with Gasteiger partial charge in [0.05, 0.1) is 5.69 Å². The van der Waals surface area contributed by atoms with Crippen LogP contribution in [0.15, 0.2) is 18.3 Å². The minimum absolute atomic E-state index is 0.242. The highest BCUT2D eigenvalue weighted by molar-refractivity contribution is 9.08. The first-order chi connectivity index (χ1) is 5.86. The maximum atomic E-state index is 9.84. The van der Waals surface area contributed by atoms with Gasteiger partial charge in [0.1, 0.15) is 6.61 Å². The molecule has 4 heteroatoms. The average molecular weight is 230 g/mol. The number of hydrogen-bond donors (Lipinski definition) is 0. The molecule has 0 saturated heterocycles. The summed E-state index contributed by atoms with van der Waals surface area (Å²) in [7, 11) is 0. The van der Waals surface area contributed by atoms with Gasteiger partial charge >= 0.3 is 0 Å². The van der Waals surface area contributed by atoms with E-state index >= 15 is 0 Å². The first-order valence-electron chi connectivity index (χ1n) is 3.42. The van der Waals surface area contributed by atoms with Gasteiger partial charge in [-0.2, -0.15) is 0 Å². The molecule has 0 aliphatic rings. The van der Waals surface area contributed by atoms with Gasteiger partial charge in [0.15, 0.2) is 0 Å². The molecular weight excluding hydrogens is 222 g/mol. The predicted molar refractivity (Wildman–Crippen MR) is 47.7 cm³/mol. The molecule has 0 atom stereocenters. The number of carbonyl (C=O) groups excluding carboxylic acids is 1. The zero-order valence-electron chi connectivity index (χ0n) is 6.37. The largest absolute Gasteiger partial charge is 0.461 e. The fourth-order valence-electron chi connectivity index (χ4n) is 0.739. The summed E-state index contributed by atoms with van der Waals surface area (Å²) < 4.78 is 4.54. The summed E-state index contributed by atoms with van der Waals surface area (Å²) >= 11 is 3.31. The zero-order valence-corrected chi connectivity index (χ0v) is 7.95. The Balaban J connectivity index is 2.58. The lowest BCUT2D eigenvalue weighted by Gasteiger charge is -1.98. The quantitative estimate of drug-likeness (QED) is 0.583. The fraction of sp³-hybridized carbons (Fsp3) is 0.250. The lowest BCUT2D eigenvalue weighted by Crippen LogP contribution is -1.93. The number of aromatic nitrogens is 1. The highest BCUT2D eigenvalue weighted by Crippen LogP contribution is 2.04. The summed E-state index contributed by atoms with van der Waals surface area (Å²) in [5.74, 6) is 0. The highest BCUT2D eigenvalue weighted by atomic mass is 79.9. The molecule has 0 bridgehead atoms. The number of nitrogens with zero attached hydrogens (tertiary/aromatic N) is 1. The Bertz CT molecular complexity index is 248. The van der Waals surface area contributed by atoms with Gasteiger partial charge in [-0.3, -0.25) is 9.78 Å². The summed E-state index contributed by atoms with van der Waals surface area (Å²) in [4.78, 5) is 13.9. The van der Waals surface area contributed by atoms with E-state index in [9.17, 15) is 4.79 Å². The van der Waals surface area contributed by atoms with Gasteiger partial charge in [0.25, 0.3) is 6.47 Å². The van der Waals surface area contributed by atoms with Gasteiger partial charge in [-0.1, -0.05) is 22.0 Å². The Morgan fingerprint density at radius 2 is 2.42 bits per heavy atom. The fourth-order valence-corrected chi connectivity index (χ4v) is 1.07. The van der Waals surface area contributed by atoms with Crippen molar-refractivity contribution in [3.63, 3.8) is 0 Å². The van der Waals surface area contributed by atoms with Gasteiger partial charge in [0, 0.05) is 11.5 Å². The Morgan fingerprint density at radius 3 is 2.92 bits per heavy atom. The van der Waals surface area contributed by atoms with E-state index in [1.165, 1.54) is 0 Å². The molecule has 0 saturated carbocycles. The summed E-state index contributed by atoms with van der Waals surface area (Å²) in [5, 5.41) is 0.787. The Labute approximate surface area is 78.9 Å². The van der Waals surface area contributed by atoms with Crippen molar-refractivity contribution < 1.29 is 9.53 Å². The second-order valence-electron chi connectivity index (χ2n) is 2.20. The summed E-state index contributed by atoms with van der Waals surface area (Å²) in [6, 6.07) is 3.77.